The molecule has 1 amide bonds. The van der Waals surface area contributed by atoms with E-state index in [2.05, 4.69) is 0 Å². The molecule has 0 aliphatic rings. The molecule has 0 heterocycles. The molecule has 3 nitrogen and oxygen atoms in total. The van der Waals surface area contributed by atoms with Crippen LogP contribution in [0.5, 0.6) is 0 Å². The van der Waals surface area contributed by atoms with Crippen molar-refractivity contribution in [3.63, 3.8) is 0 Å². The molecule has 0 radical (unpaired) electrons. The van der Waals surface area contributed by atoms with Crippen LogP contribution >= 0.6 is 0 Å². The summed E-state index contributed by atoms with van der Waals surface area (Å²) in [6, 6.07) is 1.98. The van der Waals surface area contributed by atoms with Gasteiger partial charge in [-0.25, -0.2) is 0 Å². The summed E-state index contributed by atoms with van der Waals surface area (Å²) >= 11 is 0. The van der Waals surface area contributed by atoms with Crippen molar-refractivity contribution in [2.24, 2.45) is 0 Å². The van der Waals surface area contributed by atoms with Crippen LogP contribution in [-0.4, -0.2) is 24.4 Å². The predicted molar refractivity (Wildman–Crippen MR) is 60.9 cm³/mol. The highest BCUT2D eigenvalue weighted by atomic mass is 16.2. The Morgan fingerprint density at radius 1 is 1.29 bits per heavy atom. The van der Waals surface area contributed by atoms with Gasteiger partial charge in [0.25, 0.3) is 0 Å². The molecule has 0 aliphatic heterocycles. The second kappa shape index (κ2) is 17.9. The lowest BCUT2D eigenvalue weighted by atomic mass is 10.4. The molecule has 0 rings (SSSR count). The SMILES string of the molecule is CC.CC.CCC(=O)N(C)CCC#N. The standard InChI is InChI=1S/C7H12N2O.2C2H6/c1-3-7(10)9(2)6-4-5-8;2*1-2/h3-4,6H2,1-2H3;2*1-2H3. The minimum Gasteiger partial charge on any atom is -0.345 e. The minimum atomic E-state index is 0.0928. The zero-order valence-corrected chi connectivity index (χ0v) is 10.4. The highest BCUT2D eigenvalue weighted by Crippen LogP contribution is 1.90. The van der Waals surface area contributed by atoms with Crippen LogP contribution in [0.4, 0.5) is 0 Å². The van der Waals surface area contributed by atoms with Gasteiger partial charge in [-0.05, 0) is 0 Å². The molecule has 0 aromatic carbocycles. The molecule has 14 heavy (non-hydrogen) atoms. The molecular formula is C11H24N2O. The molecule has 84 valence electrons. The van der Waals surface area contributed by atoms with E-state index in [1.54, 1.807) is 11.9 Å². The third-order valence-corrected chi connectivity index (χ3v) is 1.29. The molecular weight excluding hydrogens is 176 g/mol. The molecule has 0 aromatic heterocycles. The fraction of sp³-hybridized carbons (Fsp3) is 0.818. The molecule has 0 saturated carbocycles. The Balaban J connectivity index is -0.000000266. The van der Waals surface area contributed by atoms with E-state index in [9.17, 15) is 4.79 Å². The molecule has 3 heteroatoms. The molecule has 0 saturated heterocycles. The topological polar surface area (TPSA) is 44.1 Å². The Morgan fingerprint density at radius 2 is 1.71 bits per heavy atom. The van der Waals surface area contributed by atoms with Gasteiger partial charge in [0.05, 0.1) is 12.5 Å². The lowest BCUT2D eigenvalue weighted by molar-refractivity contribution is -0.129. The number of carbonyl (C=O) groups excluding carboxylic acids is 1. The van der Waals surface area contributed by atoms with Gasteiger partial charge in [-0.3, -0.25) is 4.79 Å². The van der Waals surface area contributed by atoms with Gasteiger partial charge in [-0.1, -0.05) is 34.6 Å². The summed E-state index contributed by atoms with van der Waals surface area (Å²) in [4.78, 5) is 12.4. The van der Waals surface area contributed by atoms with E-state index in [4.69, 9.17) is 5.26 Å². The number of amides is 1. The van der Waals surface area contributed by atoms with Crippen LogP contribution in [0, 0.1) is 11.3 Å². The summed E-state index contributed by atoms with van der Waals surface area (Å²) in [6.45, 7) is 10.4. The van der Waals surface area contributed by atoms with Crippen LogP contribution in [0.15, 0.2) is 0 Å². The van der Waals surface area contributed by atoms with Gasteiger partial charge < -0.3 is 4.90 Å². The molecule has 0 unspecified atom stereocenters. The first-order valence-corrected chi connectivity index (χ1v) is 5.33. The third-order valence-electron chi connectivity index (χ3n) is 1.29. The van der Waals surface area contributed by atoms with E-state index in [1.165, 1.54) is 0 Å². The number of hydrogen-bond acceptors (Lipinski definition) is 2. The quantitative estimate of drug-likeness (QED) is 0.703. The Labute approximate surface area is 88.7 Å². The first-order valence-electron chi connectivity index (χ1n) is 5.33. The number of carbonyl (C=O) groups is 1. The van der Waals surface area contributed by atoms with E-state index >= 15 is 0 Å². The van der Waals surface area contributed by atoms with E-state index in [-0.39, 0.29) is 5.91 Å². The third kappa shape index (κ3) is 13.5. The molecule has 0 atom stereocenters. The van der Waals surface area contributed by atoms with Crippen LogP contribution in [0.25, 0.3) is 0 Å². The zero-order chi connectivity index (χ0) is 12.0. The Kier molecular flexibility index (Phi) is 23.9. The van der Waals surface area contributed by atoms with Gasteiger partial charge in [0.2, 0.25) is 5.91 Å². The second-order valence-corrected chi connectivity index (χ2v) is 2.08. The first-order chi connectivity index (χ1) is 6.72. The van der Waals surface area contributed by atoms with Gasteiger partial charge in [0.15, 0.2) is 0 Å². The van der Waals surface area contributed by atoms with Crippen LogP contribution in [-0.2, 0) is 4.79 Å². The highest BCUT2D eigenvalue weighted by Gasteiger charge is 2.02. The fourth-order valence-corrected chi connectivity index (χ4v) is 0.612. The highest BCUT2D eigenvalue weighted by molar-refractivity contribution is 5.75. The normalized spacial score (nSPS) is 6.93. The Hall–Kier alpha value is -1.04. The molecule has 0 spiro atoms. The van der Waals surface area contributed by atoms with Crippen molar-refractivity contribution in [3.8, 4) is 6.07 Å². The van der Waals surface area contributed by atoms with Crippen LogP contribution < -0.4 is 0 Å². The average Bonchev–Trinajstić information content (AvgIpc) is 2.30. The van der Waals surface area contributed by atoms with E-state index in [0.717, 1.165) is 0 Å². The monoisotopic (exact) mass is 200 g/mol. The Bertz CT molecular complexity index is 150. The van der Waals surface area contributed by atoms with Crippen molar-refractivity contribution >= 4 is 5.91 Å². The molecule has 0 aliphatic carbocycles. The van der Waals surface area contributed by atoms with Crippen LogP contribution in [0.2, 0.25) is 0 Å². The minimum absolute atomic E-state index is 0.0928. The zero-order valence-electron chi connectivity index (χ0n) is 10.4. The van der Waals surface area contributed by atoms with Gasteiger partial charge in [-0.2, -0.15) is 5.26 Å². The summed E-state index contributed by atoms with van der Waals surface area (Å²) < 4.78 is 0. The maximum Gasteiger partial charge on any atom is 0.222 e. The maximum atomic E-state index is 10.8. The summed E-state index contributed by atoms with van der Waals surface area (Å²) in [5.41, 5.74) is 0. The molecule has 0 fully saturated rings. The second-order valence-electron chi connectivity index (χ2n) is 2.08. The van der Waals surface area contributed by atoms with Crippen molar-refractivity contribution < 1.29 is 4.79 Å². The van der Waals surface area contributed by atoms with Gasteiger partial charge >= 0.3 is 0 Å². The van der Waals surface area contributed by atoms with Gasteiger partial charge in [-0.15, -0.1) is 0 Å². The van der Waals surface area contributed by atoms with E-state index in [1.807, 2.05) is 40.7 Å². The van der Waals surface area contributed by atoms with E-state index in [0.29, 0.717) is 19.4 Å². The number of rotatable bonds is 3. The van der Waals surface area contributed by atoms with Crippen molar-refractivity contribution in [2.75, 3.05) is 13.6 Å². The van der Waals surface area contributed by atoms with Gasteiger partial charge in [0.1, 0.15) is 0 Å². The van der Waals surface area contributed by atoms with Crippen molar-refractivity contribution in [1.29, 1.82) is 5.26 Å². The van der Waals surface area contributed by atoms with Crippen molar-refractivity contribution in [2.45, 2.75) is 47.5 Å². The maximum absolute atomic E-state index is 10.8. The smallest absolute Gasteiger partial charge is 0.222 e. The lowest BCUT2D eigenvalue weighted by Gasteiger charge is -2.13. The molecule has 0 bridgehead atoms. The average molecular weight is 200 g/mol. The lowest BCUT2D eigenvalue weighted by Crippen LogP contribution is -2.26. The number of nitrogens with zero attached hydrogens (tertiary/aromatic N) is 2. The van der Waals surface area contributed by atoms with E-state index < -0.39 is 0 Å². The largest absolute Gasteiger partial charge is 0.345 e. The van der Waals surface area contributed by atoms with Crippen LogP contribution in [0.3, 0.4) is 0 Å². The molecule has 0 N–H and O–H groups in total. The first kappa shape index (κ1) is 18.7. The number of hydrogen-bond donors (Lipinski definition) is 0. The van der Waals surface area contributed by atoms with Crippen molar-refractivity contribution in [1.82, 2.24) is 4.90 Å². The molecule has 0 aromatic rings. The summed E-state index contributed by atoms with van der Waals surface area (Å²) in [5, 5.41) is 8.18. The summed E-state index contributed by atoms with van der Waals surface area (Å²) in [7, 11) is 1.71. The van der Waals surface area contributed by atoms with Crippen molar-refractivity contribution in [3.05, 3.63) is 0 Å². The van der Waals surface area contributed by atoms with Gasteiger partial charge in [0, 0.05) is 20.0 Å². The fourth-order valence-electron chi connectivity index (χ4n) is 0.612. The number of nitriles is 1. The summed E-state index contributed by atoms with van der Waals surface area (Å²) in [6.07, 6.45) is 0.935. The summed E-state index contributed by atoms with van der Waals surface area (Å²) in [5.74, 6) is 0.0928. The Morgan fingerprint density at radius 3 is 2.00 bits per heavy atom. The predicted octanol–water partition coefficient (Wildman–Crippen LogP) is 2.82. The van der Waals surface area contributed by atoms with Crippen LogP contribution in [0.1, 0.15) is 47.5 Å².